The van der Waals surface area contributed by atoms with Crippen molar-refractivity contribution in [3.8, 4) is 0 Å². The Hall–Kier alpha value is -2.53. The molecule has 0 bridgehead atoms. The van der Waals surface area contributed by atoms with E-state index < -0.39 is 5.54 Å². The van der Waals surface area contributed by atoms with Crippen molar-refractivity contribution in [3.63, 3.8) is 0 Å². The van der Waals surface area contributed by atoms with Gasteiger partial charge in [-0.15, -0.1) is 0 Å². The van der Waals surface area contributed by atoms with Crippen LogP contribution >= 0.6 is 11.6 Å². The number of benzene rings is 2. The highest BCUT2D eigenvalue weighted by Gasteiger charge is 2.27. The summed E-state index contributed by atoms with van der Waals surface area (Å²) in [5, 5.41) is 3.73. The van der Waals surface area contributed by atoms with Gasteiger partial charge in [0.2, 0.25) is 0 Å². The fourth-order valence-corrected chi connectivity index (χ4v) is 3.46. The van der Waals surface area contributed by atoms with Gasteiger partial charge in [-0.2, -0.15) is 0 Å². The van der Waals surface area contributed by atoms with E-state index in [9.17, 15) is 9.59 Å². The molecule has 5 nitrogen and oxygen atoms in total. The van der Waals surface area contributed by atoms with Gasteiger partial charge in [-0.3, -0.25) is 9.36 Å². The van der Waals surface area contributed by atoms with Gasteiger partial charge in [0.15, 0.2) is 0 Å². The van der Waals surface area contributed by atoms with Crippen LogP contribution < -0.4 is 11.0 Å². The Morgan fingerprint density at radius 1 is 1.07 bits per heavy atom. The van der Waals surface area contributed by atoms with E-state index in [1.807, 2.05) is 45.0 Å². The first-order valence-corrected chi connectivity index (χ1v) is 10.1. The molecule has 0 spiro atoms. The van der Waals surface area contributed by atoms with Gasteiger partial charge in [0.1, 0.15) is 0 Å². The van der Waals surface area contributed by atoms with Crippen molar-refractivity contribution in [1.82, 2.24) is 14.9 Å². The highest BCUT2D eigenvalue weighted by atomic mass is 35.5. The third-order valence-electron chi connectivity index (χ3n) is 5.61. The second-order valence-corrected chi connectivity index (χ2v) is 9.60. The van der Waals surface area contributed by atoms with Gasteiger partial charge in [0.25, 0.3) is 5.91 Å². The average molecular weight is 414 g/mol. The quantitative estimate of drug-likeness (QED) is 0.613. The number of nitrogens with zero attached hydrogens (tertiary/aromatic N) is 1. The van der Waals surface area contributed by atoms with Gasteiger partial charge in [0.05, 0.1) is 16.6 Å². The van der Waals surface area contributed by atoms with Crippen LogP contribution in [0.1, 0.15) is 63.5 Å². The molecular formula is C23H28ClN3O2. The Labute approximate surface area is 176 Å². The number of carbonyl (C=O) groups excluding carboxylic acids is 1. The first-order valence-electron chi connectivity index (χ1n) is 9.73. The number of hydrogen-bond donors (Lipinski definition) is 2. The van der Waals surface area contributed by atoms with Crippen LogP contribution in [0, 0.1) is 5.41 Å². The summed E-state index contributed by atoms with van der Waals surface area (Å²) in [5.41, 5.74) is 2.07. The Bertz CT molecular complexity index is 1100. The predicted octanol–water partition coefficient (Wildman–Crippen LogP) is 5.26. The molecule has 1 aromatic heterocycles. The summed E-state index contributed by atoms with van der Waals surface area (Å²) < 4.78 is 1.73. The Morgan fingerprint density at radius 2 is 1.69 bits per heavy atom. The molecule has 6 heteroatoms. The van der Waals surface area contributed by atoms with Crippen LogP contribution in [0.2, 0.25) is 5.02 Å². The SMILES string of the molecule is C[C@@H](n1c(=O)[nH]c2ccc(C(=O)NC(C)(C)c3ccc(Cl)cc3)cc21)C(C)(C)C. The fraction of sp³-hybridized carbons (Fsp3) is 0.391. The molecule has 1 atom stereocenters. The molecule has 29 heavy (non-hydrogen) atoms. The lowest BCUT2D eigenvalue weighted by Crippen LogP contribution is -2.41. The second-order valence-electron chi connectivity index (χ2n) is 9.16. The summed E-state index contributed by atoms with van der Waals surface area (Å²) >= 11 is 5.97. The van der Waals surface area contributed by atoms with Gasteiger partial charge in [-0.1, -0.05) is 44.5 Å². The highest BCUT2D eigenvalue weighted by molar-refractivity contribution is 6.30. The number of aromatic amines is 1. The van der Waals surface area contributed by atoms with E-state index in [0.29, 0.717) is 10.6 Å². The van der Waals surface area contributed by atoms with Crippen molar-refractivity contribution in [3.05, 3.63) is 69.1 Å². The summed E-state index contributed by atoms with van der Waals surface area (Å²) in [4.78, 5) is 28.4. The maximum Gasteiger partial charge on any atom is 0.326 e. The van der Waals surface area contributed by atoms with Crippen LogP contribution in [-0.2, 0) is 5.54 Å². The van der Waals surface area contributed by atoms with Crippen molar-refractivity contribution < 1.29 is 4.79 Å². The van der Waals surface area contributed by atoms with Crippen molar-refractivity contribution in [2.24, 2.45) is 5.41 Å². The first kappa shape index (κ1) is 21.2. The topological polar surface area (TPSA) is 66.9 Å². The van der Waals surface area contributed by atoms with Crippen molar-refractivity contribution in [2.45, 2.75) is 53.1 Å². The molecule has 0 saturated carbocycles. The van der Waals surface area contributed by atoms with E-state index >= 15 is 0 Å². The summed E-state index contributed by atoms with van der Waals surface area (Å²) in [7, 11) is 0. The smallest absolute Gasteiger partial charge is 0.326 e. The zero-order valence-electron chi connectivity index (χ0n) is 17.8. The Kier molecular flexibility index (Phi) is 5.39. The molecule has 0 saturated heterocycles. The maximum atomic E-state index is 13.0. The molecule has 0 radical (unpaired) electrons. The lowest BCUT2D eigenvalue weighted by atomic mass is 9.88. The standard InChI is InChI=1S/C23H28ClN3O2/c1-14(22(2,3)4)27-19-13-15(7-12-18(19)25-21(27)29)20(28)26-23(5,6)16-8-10-17(24)11-9-16/h7-14H,1-6H3,(H,25,29)(H,26,28)/t14-/m1/s1. The fourth-order valence-electron chi connectivity index (χ4n) is 3.33. The number of H-pyrrole nitrogens is 1. The number of carbonyl (C=O) groups is 1. The predicted molar refractivity (Wildman–Crippen MR) is 119 cm³/mol. The van der Waals surface area contributed by atoms with Gasteiger partial charge in [-0.25, -0.2) is 4.79 Å². The zero-order chi connectivity index (χ0) is 21.6. The molecule has 2 N–H and O–H groups in total. The molecule has 154 valence electrons. The number of amides is 1. The lowest BCUT2D eigenvalue weighted by molar-refractivity contribution is 0.0912. The van der Waals surface area contributed by atoms with Crippen LogP contribution in [0.3, 0.4) is 0 Å². The maximum absolute atomic E-state index is 13.0. The lowest BCUT2D eigenvalue weighted by Gasteiger charge is -2.28. The summed E-state index contributed by atoms with van der Waals surface area (Å²) in [6, 6.07) is 12.7. The van der Waals surface area contributed by atoms with Gasteiger partial charge in [0, 0.05) is 16.6 Å². The van der Waals surface area contributed by atoms with Crippen LogP contribution in [0.4, 0.5) is 0 Å². The molecule has 1 heterocycles. The number of imidazole rings is 1. The van der Waals surface area contributed by atoms with Crippen LogP contribution in [-0.4, -0.2) is 15.5 Å². The van der Waals surface area contributed by atoms with E-state index in [-0.39, 0.29) is 23.1 Å². The van der Waals surface area contributed by atoms with E-state index in [2.05, 4.69) is 31.1 Å². The minimum Gasteiger partial charge on any atom is -0.343 e. The molecule has 3 rings (SSSR count). The van der Waals surface area contributed by atoms with E-state index in [1.165, 1.54) is 0 Å². The molecule has 1 amide bonds. The molecule has 2 aromatic carbocycles. The Morgan fingerprint density at radius 3 is 2.28 bits per heavy atom. The molecule has 0 unspecified atom stereocenters. The number of aromatic nitrogens is 2. The first-order chi connectivity index (χ1) is 13.4. The molecule has 0 aliphatic rings. The second kappa shape index (κ2) is 7.38. The van der Waals surface area contributed by atoms with Gasteiger partial charge >= 0.3 is 5.69 Å². The summed E-state index contributed by atoms with van der Waals surface area (Å²) in [6.45, 7) is 12.2. The number of rotatable bonds is 4. The van der Waals surface area contributed by atoms with Crippen LogP contribution in [0.15, 0.2) is 47.3 Å². The highest BCUT2D eigenvalue weighted by Crippen LogP contribution is 2.31. The zero-order valence-corrected chi connectivity index (χ0v) is 18.5. The van der Waals surface area contributed by atoms with Gasteiger partial charge in [-0.05, 0) is 62.1 Å². The third-order valence-corrected chi connectivity index (χ3v) is 5.86. The minimum atomic E-state index is -0.576. The van der Waals surface area contributed by atoms with E-state index in [1.54, 1.807) is 22.8 Å². The monoisotopic (exact) mass is 413 g/mol. The number of hydrogen-bond acceptors (Lipinski definition) is 2. The van der Waals surface area contributed by atoms with E-state index in [4.69, 9.17) is 11.6 Å². The van der Waals surface area contributed by atoms with Crippen molar-refractivity contribution in [1.29, 1.82) is 0 Å². The van der Waals surface area contributed by atoms with Crippen molar-refractivity contribution in [2.75, 3.05) is 0 Å². The molecule has 0 aliphatic carbocycles. The van der Waals surface area contributed by atoms with Crippen LogP contribution in [0.5, 0.6) is 0 Å². The van der Waals surface area contributed by atoms with E-state index in [0.717, 1.165) is 16.6 Å². The number of fused-ring (bicyclic) bond motifs is 1. The average Bonchev–Trinajstić information content (AvgIpc) is 2.94. The Balaban J connectivity index is 1.96. The summed E-state index contributed by atoms with van der Waals surface area (Å²) in [6.07, 6.45) is 0. The normalized spacial score (nSPS) is 13.5. The molecule has 0 aliphatic heterocycles. The van der Waals surface area contributed by atoms with Crippen molar-refractivity contribution >= 4 is 28.5 Å². The third kappa shape index (κ3) is 4.25. The molecular weight excluding hydrogens is 386 g/mol. The minimum absolute atomic E-state index is 0.0347. The largest absolute Gasteiger partial charge is 0.343 e. The van der Waals surface area contributed by atoms with Gasteiger partial charge < -0.3 is 10.3 Å². The summed E-state index contributed by atoms with van der Waals surface area (Å²) in [5.74, 6) is -0.199. The molecule has 0 fully saturated rings. The van der Waals surface area contributed by atoms with Crippen LogP contribution in [0.25, 0.3) is 11.0 Å². The number of halogens is 1. The number of nitrogens with one attached hydrogen (secondary N) is 2. The molecule has 3 aromatic rings.